The highest BCUT2D eigenvalue weighted by Crippen LogP contribution is 2.23. The van der Waals surface area contributed by atoms with Crippen LogP contribution in [0.2, 0.25) is 0 Å². The van der Waals surface area contributed by atoms with E-state index in [2.05, 4.69) is 0 Å². The minimum Gasteiger partial charge on any atom is -0.388 e. The molecule has 0 saturated carbocycles. The van der Waals surface area contributed by atoms with Crippen LogP contribution in [0, 0.1) is 5.92 Å². The van der Waals surface area contributed by atoms with Crippen molar-refractivity contribution in [1.82, 2.24) is 4.57 Å². The Morgan fingerprint density at radius 2 is 2.00 bits per heavy atom. The third kappa shape index (κ3) is 4.81. The number of hydrogen-bond donors (Lipinski definition) is 1. The molecule has 1 rings (SSSR count). The van der Waals surface area contributed by atoms with E-state index in [4.69, 9.17) is 0 Å². The highest BCUT2D eigenvalue weighted by atomic mass is 19.4. The lowest BCUT2D eigenvalue weighted by Gasteiger charge is -2.12. The SMILES string of the molecule is CC(C)C(O)c1ccn(CCCC(F)(F)F)c1. The van der Waals surface area contributed by atoms with Crippen molar-refractivity contribution >= 4 is 0 Å². The molecule has 0 aliphatic rings. The molecular weight excluding hydrogens is 231 g/mol. The quantitative estimate of drug-likeness (QED) is 0.848. The van der Waals surface area contributed by atoms with Crippen molar-refractivity contribution in [3.63, 3.8) is 0 Å². The second-order valence-electron chi connectivity index (χ2n) is 4.59. The van der Waals surface area contributed by atoms with Crippen molar-refractivity contribution in [1.29, 1.82) is 0 Å². The van der Waals surface area contributed by atoms with Crippen LogP contribution >= 0.6 is 0 Å². The summed E-state index contributed by atoms with van der Waals surface area (Å²) >= 11 is 0. The summed E-state index contributed by atoms with van der Waals surface area (Å²) in [5.41, 5.74) is 0.756. The van der Waals surface area contributed by atoms with Gasteiger partial charge in [-0.25, -0.2) is 0 Å². The van der Waals surface area contributed by atoms with Crippen LogP contribution in [0.4, 0.5) is 13.2 Å². The van der Waals surface area contributed by atoms with Gasteiger partial charge >= 0.3 is 6.18 Å². The van der Waals surface area contributed by atoms with E-state index in [1.54, 1.807) is 23.0 Å². The Labute approximate surface area is 99.1 Å². The molecule has 1 N–H and O–H groups in total. The average Bonchev–Trinajstić information content (AvgIpc) is 2.63. The maximum absolute atomic E-state index is 11.9. The molecule has 98 valence electrons. The largest absolute Gasteiger partial charge is 0.389 e. The zero-order valence-electron chi connectivity index (χ0n) is 10.0. The zero-order valence-corrected chi connectivity index (χ0v) is 10.0. The summed E-state index contributed by atoms with van der Waals surface area (Å²) in [6.45, 7) is 4.11. The van der Waals surface area contributed by atoms with Gasteiger partial charge in [0.25, 0.3) is 0 Å². The van der Waals surface area contributed by atoms with Gasteiger partial charge in [0.05, 0.1) is 6.10 Å². The van der Waals surface area contributed by atoms with Gasteiger partial charge in [-0.3, -0.25) is 0 Å². The van der Waals surface area contributed by atoms with Gasteiger partial charge in [0.15, 0.2) is 0 Å². The smallest absolute Gasteiger partial charge is 0.388 e. The van der Waals surface area contributed by atoms with Crippen LogP contribution < -0.4 is 0 Å². The van der Waals surface area contributed by atoms with E-state index >= 15 is 0 Å². The summed E-state index contributed by atoms with van der Waals surface area (Å²) < 4.78 is 37.5. The average molecular weight is 249 g/mol. The van der Waals surface area contributed by atoms with Crippen molar-refractivity contribution in [2.45, 2.75) is 45.5 Å². The molecule has 0 bridgehead atoms. The van der Waals surface area contributed by atoms with Gasteiger partial charge in [0.2, 0.25) is 0 Å². The normalized spacial score (nSPS) is 14.3. The molecule has 0 fully saturated rings. The van der Waals surface area contributed by atoms with Gasteiger partial charge in [-0.2, -0.15) is 13.2 Å². The van der Waals surface area contributed by atoms with E-state index in [-0.39, 0.29) is 12.3 Å². The number of aliphatic hydroxyl groups excluding tert-OH is 1. The topological polar surface area (TPSA) is 25.2 Å². The molecular formula is C12H18F3NO. The molecule has 0 aliphatic carbocycles. The van der Waals surface area contributed by atoms with Crippen LogP contribution in [0.25, 0.3) is 0 Å². The standard InChI is InChI=1S/C12H18F3NO/c1-9(2)11(17)10-4-7-16(8-10)6-3-5-12(13,14)15/h4,7-9,11,17H,3,5-6H2,1-2H3. The van der Waals surface area contributed by atoms with Gasteiger partial charge in [-0.1, -0.05) is 13.8 Å². The van der Waals surface area contributed by atoms with Crippen LogP contribution in [0.15, 0.2) is 18.5 Å². The number of aryl methyl sites for hydroxylation is 1. The first kappa shape index (κ1) is 14.1. The van der Waals surface area contributed by atoms with Crippen molar-refractivity contribution in [2.24, 2.45) is 5.92 Å². The zero-order chi connectivity index (χ0) is 13.1. The summed E-state index contributed by atoms with van der Waals surface area (Å²) in [6, 6.07) is 1.75. The minimum absolute atomic E-state index is 0.0649. The Balaban J connectivity index is 2.46. The fourth-order valence-electron chi connectivity index (χ4n) is 1.62. The Morgan fingerprint density at radius 1 is 1.35 bits per heavy atom. The summed E-state index contributed by atoms with van der Waals surface area (Å²) in [7, 11) is 0. The molecule has 2 nitrogen and oxygen atoms in total. The number of halogens is 3. The lowest BCUT2D eigenvalue weighted by Crippen LogP contribution is -2.09. The van der Waals surface area contributed by atoms with Crippen LogP contribution in [0.3, 0.4) is 0 Å². The lowest BCUT2D eigenvalue weighted by atomic mass is 10.0. The molecule has 0 amide bonds. The molecule has 0 spiro atoms. The van der Waals surface area contributed by atoms with Gasteiger partial charge in [-0.05, 0) is 24.0 Å². The Kier molecular flexibility index (Phi) is 4.62. The number of alkyl halides is 3. The summed E-state index contributed by atoms with van der Waals surface area (Å²) in [4.78, 5) is 0. The van der Waals surface area contributed by atoms with E-state index in [1.165, 1.54) is 0 Å². The molecule has 1 unspecified atom stereocenters. The molecule has 1 aromatic heterocycles. The Bertz CT molecular complexity index is 344. The maximum atomic E-state index is 11.9. The molecule has 1 heterocycles. The number of hydrogen-bond acceptors (Lipinski definition) is 1. The highest BCUT2D eigenvalue weighted by Gasteiger charge is 2.26. The van der Waals surface area contributed by atoms with Crippen molar-refractivity contribution in [2.75, 3.05) is 0 Å². The number of aliphatic hydroxyl groups is 1. The molecule has 0 aliphatic heterocycles. The Morgan fingerprint density at radius 3 is 2.53 bits per heavy atom. The van der Waals surface area contributed by atoms with E-state index in [1.807, 2.05) is 13.8 Å². The molecule has 0 radical (unpaired) electrons. The van der Waals surface area contributed by atoms with E-state index in [0.29, 0.717) is 6.54 Å². The lowest BCUT2D eigenvalue weighted by molar-refractivity contribution is -0.135. The van der Waals surface area contributed by atoms with Crippen LogP contribution in [-0.4, -0.2) is 15.8 Å². The second-order valence-corrected chi connectivity index (χ2v) is 4.59. The third-order valence-electron chi connectivity index (χ3n) is 2.62. The predicted molar refractivity (Wildman–Crippen MR) is 59.5 cm³/mol. The number of aromatic nitrogens is 1. The van der Waals surface area contributed by atoms with Crippen LogP contribution in [0.1, 0.15) is 38.4 Å². The fraction of sp³-hybridized carbons (Fsp3) is 0.667. The third-order valence-corrected chi connectivity index (χ3v) is 2.62. The molecule has 0 saturated heterocycles. The van der Waals surface area contributed by atoms with Crippen LogP contribution in [-0.2, 0) is 6.54 Å². The van der Waals surface area contributed by atoms with Gasteiger partial charge in [0, 0.05) is 25.4 Å². The highest BCUT2D eigenvalue weighted by molar-refractivity contribution is 5.14. The molecule has 1 aromatic rings. The first-order valence-corrected chi connectivity index (χ1v) is 5.70. The van der Waals surface area contributed by atoms with Gasteiger partial charge < -0.3 is 9.67 Å². The molecule has 17 heavy (non-hydrogen) atoms. The van der Waals surface area contributed by atoms with Gasteiger partial charge in [-0.15, -0.1) is 0 Å². The summed E-state index contributed by atoms with van der Waals surface area (Å²) in [6.07, 6.45) is -1.94. The second kappa shape index (κ2) is 5.58. The van der Waals surface area contributed by atoms with Crippen molar-refractivity contribution in [3.05, 3.63) is 24.0 Å². The number of nitrogens with zero attached hydrogens (tertiary/aromatic N) is 1. The molecule has 5 heteroatoms. The van der Waals surface area contributed by atoms with Crippen LogP contribution in [0.5, 0.6) is 0 Å². The van der Waals surface area contributed by atoms with E-state index in [9.17, 15) is 18.3 Å². The van der Waals surface area contributed by atoms with Crippen molar-refractivity contribution in [3.8, 4) is 0 Å². The number of rotatable bonds is 5. The van der Waals surface area contributed by atoms with E-state index in [0.717, 1.165) is 5.56 Å². The maximum Gasteiger partial charge on any atom is 0.389 e. The minimum atomic E-state index is -4.09. The monoisotopic (exact) mass is 249 g/mol. The summed E-state index contributed by atoms with van der Waals surface area (Å²) in [5.74, 6) is 0.0982. The molecule has 1 atom stereocenters. The Hall–Kier alpha value is -0.970. The fourth-order valence-corrected chi connectivity index (χ4v) is 1.62. The summed E-state index contributed by atoms with van der Waals surface area (Å²) in [5, 5.41) is 9.77. The van der Waals surface area contributed by atoms with E-state index < -0.39 is 18.7 Å². The molecule has 0 aromatic carbocycles. The van der Waals surface area contributed by atoms with Gasteiger partial charge in [0.1, 0.15) is 0 Å². The first-order chi connectivity index (χ1) is 7.79. The van der Waals surface area contributed by atoms with Crippen molar-refractivity contribution < 1.29 is 18.3 Å². The predicted octanol–water partition coefficient (Wildman–Crippen LogP) is 3.52. The first-order valence-electron chi connectivity index (χ1n) is 5.70.